The van der Waals surface area contributed by atoms with Gasteiger partial charge in [-0.1, -0.05) is 45.7 Å². The molecule has 20 heavy (non-hydrogen) atoms. The Morgan fingerprint density at radius 2 is 2.10 bits per heavy atom. The topological polar surface area (TPSA) is 38.3 Å². The molecule has 0 bridgehead atoms. The van der Waals surface area contributed by atoms with Crippen molar-refractivity contribution < 1.29 is 9.53 Å². The molecule has 1 amide bonds. The van der Waals surface area contributed by atoms with Crippen molar-refractivity contribution in [3.05, 3.63) is 29.3 Å². The molecule has 0 aliphatic rings. The molecule has 1 rings (SSSR count). The second-order valence-electron chi connectivity index (χ2n) is 5.70. The molecule has 0 aromatic heterocycles. The summed E-state index contributed by atoms with van der Waals surface area (Å²) in [5.74, 6) is 2.91. The zero-order valence-electron chi connectivity index (χ0n) is 12.7. The molecule has 0 heterocycles. The minimum Gasteiger partial charge on any atom is -0.483 e. The first kappa shape index (κ1) is 16.1. The number of hydrogen-bond donors (Lipinski definition) is 1. The lowest BCUT2D eigenvalue weighted by Crippen LogP contribution is -2.29. The number of aryl methyl sites for hydroxylation is 1. The molecule has 0 aliphatic heterocycles. The average molecular weight is 273 g/mol. The van der Waals surface area contributed by atoms with Crippen molar-refractivity contribution in [3.8, 4) is 18.1 Å². The Balaban J connectivity index is 2.84. The molecule has 108 valence electrons. The van der Waals surface area contributed by atoms with Crippen molar-refractivity contribution in [2.24, 2.45) is 0 Å². The summed E-state index contributed by atoms with van der Waals surface area (Å²) in [6, 6.07) is 6.12. The van der Waals surface area contributed by atoms with Gasteiger partial charge in [0.1, 0.15) is 5.75 Å². The van der Waals surface area contributed by atoms with Crippen LogP contribution in [-0.4, -0.2) is 19.1 Å². The summed E-state index contributed by atoms with van der Waals surface area (Å²) in [4.78, 5) is 11.5. The summed E-state index contributed by atoms with van der Waals surface area (Å²) in [7, 11) is 0. The number of amides is 1. The van der Waals surface area contributed by atoms with Crippen LogP contribution in [0.15, 0.2) is 18.2 Å². The van der Waals surface area contributed by atoms with Crippen LogP contribution in [0.3, 0.4) is 0 Å². The maximum absolute atomic E-state index is 11.5. The molecular formula is C17H23NO2. The molecule has 0 saturated heterocycles. The monoisotopic (exact) mass is 273 g/mol. The van der Waals surface area contributed by atoms with E-state index in [4.69, 9.17) is 11.2 Å². The summed E-state index contributed by atoms with van der Waals surface area (Å²) in [5, 5.41) is 2.58. The Morgan fingerprint density at radius 3 is 2.65 bits per heavy atom. The van der Waals surface area contributed by atoms with Gasteiger partial charge >= 0.3 is 0 Å². The van der Waals surface area contributed by atoms with Crippen LogP contribution in [0, 0.1) is 12.3 Å². The lowest BCUT2D eigenvalue weighted by atomic mass is 9.85. The first-order valence-corrected chi connectivity index (χ1v) is 6.84. The first-order valence-electron chi connectivity index (χ1n) is 6.84. The molecule has 0 unspecified atom stereocenters. The normalized spacial score (nSPS) is 10.8. The highest BCUT2D eigenvalue weighted by atomic mass is 16.5. The van der Waals surface area contributed by atoms with Gasteiger partial charge < -0.3 is 10.1 Å². The standard InChI is InChI=1S/C17H23NO2/c1-6-10-18-16(19)12-20-15-9-8-13(7-2)11-14(15)17(3,4)5/h1,8-9,11H,7,10,12H2,2-5H3,(H,18,19). The van der Waals surface area contributed by atoms with Crippen LogP contribution in [0.1, 0.15) is 38.8 Å². The van der Waals surface area contributed by atoms with Crippen LogP contribution in [0.4, 0.5) is 0 Å². The third kappa shape index (κ3) is 4.62. The van der Waals surface area contributed by atoms with Gasteiger partial charge in [0.05, 0.1) is 6.54 Å². The minimum absolute atomic E-state index is 0.0176. The van der Waals surface area contributed by atoms with E-state index in [1.165, 1.54) is 5.56 Å². The van der Waals surface area contributed by atoms with Gasteiger partial charge in [0, 0.05) is 0 Å². The highest BCUT2D eigenvalue weighted by Gasteiger charge is 2.19. The second kappa shape index (κ2) is 7.00. The summed E-state index contributed by atoms with van der Waals surface area (Å²) in [5.41, 5.74) is 2.34. The fraction of sp³-hybridized carbons (Fsp3) is 0.471. The number of carbonyl (C=O) groups is 1. The van der Waals surface area contributed by atoms with Gasteiger partial charge in [0.25, 0.3) is 5.91 Å². The van der Waals surface area contributed by atoms with Gasteiger partial charge in [0.2, 0.25) is 0 Å². The van der Waals surface area contributed by atoms with E-state index in [9.17, 15) is 4.79 Å². The predicted molar refractivity (Wildman–Crippen MR) is 81.9 cm³/mol. The van der Waals surface area contributed by atoms with Crippen molar-refractivity contribution in [3.63, 3.8) is 0 Å². The van der Waals surface area contributed by atoms with E-state index in [1.54, 1.807) is 0 Å². The SMILES string of the molecule is C#CCNC(=O)COc1ccc(CC)cc1C(C)(C)C. The number of rotatable bonds is 5. The summed E-state index contributed by atoms with van der Waals surface area (Å²) in [6.07, 6.45) is 6.07. The molecule has 0 spiro atoms. The number of carbonyl (C=O) groups excluding carboxylic acids is 1. The Morgan fingerprint density at radius 1 is 1.40 bits per heavy atom. The van der Waals surface area contributed by atoms with Gasteiger partial charge in [-0.05, 0) is 29.0 Å². The van der Waals surface area contributed by atoms with Crippen LogP contribution in [-0.2, 0) is 16.6 Å². The van der Waals surface area contributed by atoms with Crippen LogP contribution in [0.2, 0.25) is 0 Å². The van der Waals surface area contributed by atoms with Crippen molar-refractivity contribution in [1.29, 1.82) is 0 Å². The third-order valence-corrected chi connectivity index (χ3v) is 3.01. The Bertz CT molecular complexity index is 507. The van der Waals surface area contributed by atoms with Crippen molar-refractivity contribution in [2.75, 3.05) is 13.2 Å². The summed E-state index contributed by atoms with van der Waals surface area (Å²) < 4.78 is 5.64. The number of benzene rings is 1. The number of nitrogens with one attached hydrogen (secondary N) is 1. The first-order chi connectivity index (χ1) is 9.38. The van der Waals surface area contributed by atoms with E-state index in [2.05, 4.69) is 45.0 Å². The Kier molecular flexibility index (Phi) is 5.64. The number of terminal acetylenes is 1. The van der Waals surface area contributed by atoms with Gasteiger partial charge in [0.15, 0.2) is 6.61 Å². The van der Waals surface area contributed by atoms with E-state index < -0.39 is 0 Å². The van der Waals surface area contributed by atoms with Crippen LogP contribution < -0.4 is 10.1 Å². The molecule has 1 aromatic rings. The van der Waals surface area contributed by atoms with E-state index >= 15 is 0 Å². The molecule has 0 atom stereocenters. The summed E-state index contributed by atoms with van der Waals surface area (Å²) >= 11 is 0. The van der Waals surface area contributed by atoms with E-state index in [1.807, 2.05) is 12.1 Å². The van der Waals surface area contributed by atoms with Crippen LogP contribution >= 0.6 is 0 Å². The zero-order valence-corrected chi connectivity index (χ0v) is 12.7. The Labute approximate surface area is 121 Å². The molecule has 0 radical (unpaired) electrons. The Hall–Kier alpha value is -1.95. The van der Waals surface area contributed by atoms with E-state index in [-0.39, 0.29) is 24.5 Å². The van der Waals surface area contributed by atoms with Gasteiger partial charge in [-0.3, -0.25) is 4.79 Å². The van der Waals surface area contributed by atoms with Crippen LogP contribution in [0.5, 0.6) is 5.75 Å². The number of ether oxygens (including phenoxy) is 1. The molecule has 1 N–H and O–H groups in total. The minimum atomic E-state index is -0.206. The zero-order chi connectivity index (χ0) is 15.2. The molecule has 0 saturated carbocycles. The third-order valence-electron chi connectivity index (χ3n) is 3.01. The molecule has 3 heteroatoms. The van der Waals surface area contributed by atoms with Crippen molar-refractivity contribution in [1.82, 2.24) is 5.32 Å². The lowest BCUT2D eigenvalue weighted by Gasteiger charge is -2.23. The molecule has 1 aromatic carbocycles. The fourth-order valence-electron chi connectivity index (χ4n) is 1.85. The van der Waals surface area contributed by atoms with Gasteiger partial charge in [-0.15, -0.1) is 6.42 Å². The fourth-order valence-corrected chi connectivity index (χ4v) is 1.85. The number of hydrogen-bond acceptors (Lipinski definition) is 2. The predicted octanol–water partition coefficient (Wildman–Crippen LogP) is 2.67. The molecular weight excluding hydrogens is 250 g/mol. The second-order valence-corrected chi connectivity index (χ2v) is 5.70. The average Bonchev–Trinajstić information content (AvgIpc) is 2.41. The highest BCUT2D eigenvalue weighted by molar-refractivity contribution is 5.77. The van der Waals surface area contributed by atoms with Crippen molar-refractivity contribution >= 4 is 5.91 Å². The smallest absolute Gasteiger partial charge is 0.258 e. The van der Waals surface area contributed by atoms with Gasteiger partial charge in [-0.25, -0.2) is 0 Å². The van der Waals surface area contributed by atoms with Crippen LogP contribution in [0.25, 0.3) is 0 Å². The lowest BCUT2D eigenvalue weighted by molar-refractivity contribution is -0.122. The largest absolute Gasteiger partial charge is 0.483 e. The van der Waals surface area contributed by atoms with E-state index in [0.717, 1.165) is 17.7 Å². The quantitative estimate of drug-likeness (QED) is 0.838. The van der Waals surface area contributed by atoms with Crippen molar-refractivity contribution in [2.45, 2.75) is 39.5 Å². The highest BCUT2D eigenvalue weighted by Crippen LogP contribution is 2.32. The maximum atomic E-state index is 11.5. The summed E-state index contributed by atoms with van der Waals surface area (Å²) in [6.45, 7) is 8.72. The van der Waals surface area contributed by atoms with Gasteiger partial charge in [-0.2, -0.15) is 0 Å². The maximum Gasteiger partial charge on any atom is 0.258 e. The molecule has 0 fully saturated rings. The molecule has 0 aliphatic carbocycles. The molecule has 3 nitrogen and oxygen atoms in total. The van der Waals surface area contributed by atoms with E-state index in [0.29, 0.717) is 0 Å².